The van der Waals surface area contributed by atoms with E-state index in [1.807, 2.05) is 56.3 Å². The Labute approximate surface area is 133 Å². The molecule has 0 bridgehead atoms. The molecular weight excluding hydrogens is 280 g/mol. The van der Waals surface area contributed by atoms with Crippen molar-refractivity contribution < 1.29 is 19.0 Å². The highest BCUT2D eigenvalue weighted by molar-refractivity contribution is 5.73. The van der Waals surface area contributed by atoms with Crippen LogP contribution in [0.2, 0.25) is 0 Å². The fraction of sp³-hybridized carbons (Fsp3) is 0.500. The van der Waals surface area contributed by atoms with Gasteiger partial charge in [0.05, 0.1) is 32.3 Å². The fourth-order valence-electron chi connectivity index (χ4n) is 2.03. The minimum absolute atomic E-state index is 0.0511. The number of methoxy groups -OCH3 is 2. The Hall–Kier alpha value is -1.65. The van der Waals surface area contributed by atoms with Gasteiger partial charge in [0, 0.05) is 13.0 Å². The Morgan fingerprint density at radius 1 is 1.14 bits per heavy atom. The van der Waals surface area contributed by atoms with E-state index in [-0.39, 0.29) is 23.9 Å². The second kappa shape index (κ2) is 10.1. The van der Waals surface area contributed by atoms with Gasteiger partial charge in [-0.25, -0.2) is 0 Å². The Morgan fingerprint density at radius 2 is 1.82 bits per heavy atom. The van der Waals surface area contributed by atoms with Crippen molar-refractivity contribution >= 4 is 5.97 Å². The number of carbonyl (C=O) groups is 1. The van der Waals surface area contributed by atoms with Gasteiger partial charge in [0.1, 0.15) is 0 Å². The number of benzene rings is 1. The van der Waals surface area contributed by atoms with Gasteiger partial charge in [0.25, 0.3) is 0 Å². The van der Waals surface area contributed by atoms with Crippen LogP contribution in [-0.4, -0.2) is 32.9 Å². The monoisotopic (exact) mass is 306 g/mol. The fourth-order valence-corrected chi connectivity index (χ4v) is 2.03. The summed E-state index contributed by atoms with van der Waals surface area (Å²) in [6, 6.07) is 10.0. The van der Waals surface area contributed by atoms with Crippen molar-refractivity contribution in [3.63, 3.8) is 0 Å². The lowest BCUT2D eigenvalue weighted by Gasteiger charge is -2.20. The second-order valence-corrected chi connectivity index (χ2v) is 5.33. The molecule has 0 aliphatic rings. The molecule has 4 heteroatoms. The van der Waals surface area contributed by atoms with Crippen molar-refractivity contribution in [3.8, 4) is 0 Å². The lowest BCUT2D eigenvalue weighted by molar-refractivity contribution is -0.143. The van der Waals surface area contributed by atoms with Gasteiger partial charge in [-0.1, -0.05) is 49.4 Å². The van der Waals surface area contributed by atoms with Crippen LogP contribution < -0.4 is 0 Å². The second-order valence-electron chi connectivity index (χ2n) is 5.33. The standard InChI is InChI=1S/C18H26O4/c1-14(10-11-15(2)18(19)21-4)17(20-3)13-22-12-16-8-6-5-7-9-16/h5-11,14-15,17H,12-13H2,1-4H3/b11-10+/t14-,15+,17-/m0/s1. The average molecular weight is 306 g/mol. The third-order valence-corrected chi connectivity index (χ3v) is 3.56. The molecule has 3 atom stereocenters. The van der Waals surface area contributed by atoms with Gasteiger partial charge in [-0.15, -0.1) is 0 Å². The summed E-state index contributed by atoms with van der Waals surface area (Å²) in [5.74, 6) is -0.346. The minimum Gasteiger partial charge on any atom is -0.469 e. The summed E-state index contributed by atoms with van der Waals surface area (Å²) >= 11 is 0. The van der Waals surface area contributed by atoms with Crippen molar-refractivity contribution in [2.45, 2.75) is 26.6 Å². The lowest BCUT2D eigenvalue weighted by atomic mass is 10.0. The molecule has 22 heavy (non-hydrogen) atoms. The number of hydrogen-bond acceptors (Lipinski definition) is 4. The molecule has 122 valence electrons. The highest BCUT2D eigenvalue weighted by atomic mass is 16.5. The van der Waals surface area contributed by atoms with E-state index in [0.29, 0.717) is 13.2 Å². The number of esters is 1. The van der Waals surface area contributed by atoms with Gasteiger partial charge in [-0.2, -0.15) is 0 Å². The van der Waals surface area contributed by atoms with Crippen LogP contribution in [-0.2, 0) is 25.6 Å². The van der Waals surface area contributed by atoms with Gasteiger partial charge < -0.3 is 14.2 Å². The molecule has 0 fully saturated rings. The van der Waals surface area contributed by atoms with E-state index in [1.54, 1.807) is 7.11 Å². The SMILES string of the molecule is COC(=O)[C@H](C)/C=C/[C@H](C)[C@H](COCc1ccccc1)OC. The van der Waals surface area contributed by atoms with Crippen LogP contribution in [0.3, 0.4) is 0 Å². The molecule has 0 heterocycles. The predicted octanol–water partition coefficient (Wildman–Crippen LogP) is 3.22. The first kappa shape index (κ1) is 18.4. The van der Waals surface area contributed by atoms with Crippen LogP contribution in [0.5, 0.6) is 0 Å². The van der Waals surface area contributed by atoms with Gasteiger partial charge >= 0.3 is 5.97 Å². The van der Waals surface area contributed by atoms with E-state index < -0.39 is 0 Å². The maximum Gasteiger partial charge on any atom is 0.312 e. The van der Waals surface area contributed by atoms with Crippen LogP contribution in [0.25, 0.3) is 0 Å². The number of ether oxygens (including phenoxy) is 3. The van der Waals surface area contributed by atoms with Crippen LogP contribution >= 0.6 is 0 Å². The molecule has 0 amide bonds. The normalized spacial score (nSPS) is 15.5. The molecule has 0 aliphatic heterocycles. The van der Waals surface area contributed by atoms with Crippen molar-refractivity contribution in [3.05, 3.63) is 48.0 Å². The summed E-state index contributed by atoms with van der Waals surface area (Å²) in [6.07, 6.45) is 3.77. The van der Waals surface area contributed by atoms with Crippen molar-refractivity contribution in [2.24, 2.45) is 11.8 Å². The van der Waals surface area contributed by atoms with Gasteiger partial charge in [0.15, 0.2) is 0 Å². The lowest BCUT2D eigenvalue weighted by Crippen LogP contribution is -2.25. The number of rotatable bonds is 9. The Balaban J connectivity index is 2.42. The Kier molecular flexibility index (Phi) is 8.48. The molecule has 1 aromatic carbocycles. The molecule has 1 rings (SSSR count). The topological polar surface area (TPSA) is 44.8 Å². The highest BCUT2D eigenvalue weighted by Crippen LogP contribution is 2.12. The van der Waals surface area contributed by atoms with E-state index in [2.05, 4.69) is 0 Å². The van der Waals surface area contributed by atoms with Gasteiger partial charge in [-0.3, -0.25) is 4.79 Å². The van der Waals surface area contributed by atoms with Crippen LogP contribution in [0.15, 0.2) is 42.5 Å². The van der Waals surface area contributed by atoms with E-state index >= 15 is 0 Å². The maximum absolute atomic E-state index is 11.4. The van der Waals surface area contributed by atoms with Crippen molar-refractivity contribution in [1.82, 2.24) is 0 Å². The molecule has 4 nitrogen and oxygen atoms in total. The predicted molar refractivity (Wildman–Crippen MR) is 86.4 cm³/mol. The molecule has 0 saturated heterocycles. The summed E-state index contributed by atoms with van der Waals surface area (Å²) < 4.78 is 15.9. The number of hydrogen-bond donors (Lipinski definition) is 0. The zero-order chi connectivity index (χ0) is 16.4. The number of carbonyl (C=O) groups excluding carboxylic acids is 1. The van der Waals surface area contributed by atoms with Crippen LogP contribution in [0.4, 0.5) is 0 Å². The first-order valence-electron chi connectivity index (χ1n) is 7.49. The summed E-state index contributed by atoms with van der Waals surface area (Å²) in [5, 5.41) is 0. The van der Waals surface area contributed by atoms with Gasteiger partial charge in [-0.05, 0) is 12.5 Å². The first-order valence-corrected chi connectivity index (χ1v) is 7.49. The molecule has 0 saturated carbocycles. The molecule has 0 aromatic heterocycles. The zero-order valence-electron chi connectivity index (χ0n) is 13.8. The molecule has 0 radical (unpaired) electrons. The summed E-state index contributed by atoms with van der Waals surface area (Å²) in [6.45, 7) is 4.92. The minimum atomic E-state index is -0.254. The van der Waals surface area contributed by atoms with Crippen molar-refractivity contribution in [2.75, 3.05) is 20.8 Å². The molecular formula is C18H26O4. The van der Waals surface area contributed by atoms with Crippen LogP contribution in [0.1, 0.15) is 19.4 Å². The first-order chi connectivity index (χ1) is 10.6. The Morgan fingerprint density at radius 3 is 2.41 bits per heavy atom. The summed E-state index contributed by atoms with van der Waals surface area (Å²) in [7, 11) is 3.07. The molecule has 0 aliphatic carbocycles. The smallest absolute Gasteiger partial charge is 0.312 e. The van der Waals surface area contributed by atoms with E-state index in [1.165, 1.54) is 7.11 Å². The van der Waals surface area contributed by atoms with E-state index in [9.17, 15) is 4.79 Å². The molecule has 0 unspecified atom stereocenters. The van der Waals surface area contributed by atoms with E-state index in [0.717, 1.165) is 5.56 Å². The summed E-state index contributed by atoms with van der Waals surface area (Å²) in [5.41, 5.74) is 1.14. The average Bonchev–Trinajstić information content (AvgIpc) is 2.56. The van der Waals surface area contributed by atoms with Gasteiger partial charge in [0.2, 0.25) is 0 Å². The van der Waals surface area contributed by atoms with E-state index in [4.69, 9.17) is 14.2 Å². The third-order valence-electron chi connectivity index (χ3n) is 3.56. The third kappa shape index (κ3) is 6.41. The van der Waals surface area contributed by atoms with Crippen molar-refractivity contribution in [1.29, 1.82) is 0 Å². The Bertz CT molecular complexity index is 455. The molecule has 0 N–H and O–H groups in total. The maximum atomic E-state index is 11.4. The molecule has 0 spiro atoms. The largest absolute Gasteiger partial charge is 0.469 e. The quantitative estimate of drug-likeness (QED) is 0.519. The highest BCUT2D eigenvalue weighted by Gasteiger charge is 2.16. The summed E-state index contributed by atoms with van der Waals surface area (Å²) in [4.78, 5) is 11.4. The van der Waals surface area contributed by atoms with Crippen LogP contribution in [0, 0.1) is 11.8 Å². The molecule has 1 aromatic rings. The zero-order valence-corrected chi connectivity index (χ0v) is 13.8.